The van der Waals surface area contributed by atoms with Crippen LogP contribution in [0.3, 0.4) is 0 Å². The molecular weight excluding hydrogens is 274 g/mol. The maximum Gasteiger partial charge on any atom is 0.246 e. The number of fused-ring (bicyclic) bond motifs is 2. The van der Waals surface area contributed by atoms with Gasteiger partial charge in [-0.3, -0.25) is 10.2 Å². The van der Waals surface area contributed by atoms with Crippen molar-refractivity contribution < 1.29 is 4.79 Å². The van der Waals surface area contributed by atoms with Gasteiger partial charge in [-0.25, -0.2) is 9.66 Å². The van der Waals surface area contributed by atoms with E-state index in [9.17, 15) is 4.79 Å². The first kappa shape index (κ1) is 13.1. The third kappa shape index (κ3) is 2.17. The molecule has 1 aliphatic carbocycles. The number of carbonyl (C=O) groups is 1. The van der Waals surface area contributed by atoms with Crippen molar-refractivity contribution in [1.82, 2.24) is 9.66 Å². The van der Waals surface area contributed by atoms with Gasteiger partial charge in [-0.05, 0) is 42.5 Å². The number of nitrogens with zero attached hydrogens (tertiary/aromatic N) is 2. The standard InChI is InChI=1S/C18H17N3O/c22-18(15-9-5-7-13-6-1-2-8-14(13)15)20-21-12-19-16-10-3-4-11-17(16)21/h1-4,6,8,10-12,15H,5,7,9H2,(H,20,22). The molecule has 1 atom stereocenters. The Morgan fingerprint density at radius 3 is 2.91 bits per heavy atom. The predicted molar refractivity (Wildman–Crippen MR) is 86.2 cm³/mol. The van der Waals surface area contributed by atoms with E-state index in [1.807, 2.05) is 36.4 Å². The van der Waals surface area contributed by atoms with Crippen molar-refractivity contribution in [2.24, 2.45) is 0 Å². The molecule has 4 rings (SSSR count). The summed E-state index contributed by atoms with van der Waals surface area (Å²) in [7, 11) is 0. The fourth-order valence-corrected chi connectivity index (χ4v) is 3.27. The molecule has 0 fully saturated rings. The van der Waals surface area contributed by atoms with Gasteiger partial charge in [-0.1, -0.05) is 36.4 Å². The van der Waals surface area contributed by atoms with E-state index in [4.69, 9.17) is 0 Å². The van der Waals surface area contributed by atoms with Crippen LogP contribution in [0.2, 0.25) is 0 Å². The third-order valence-electron chi connectivity index (χ3n) is 4.37. The first-order valence-corrected chi connectivity index (χ1v) is 7.64. The van der Waals surface area contributed by atoms with Crippen molar-refractivity contribution in [3.05, 3.63) is 66.0 Å². The average Bonchev–Trinajstić information content (AvgIpc) is 2.97. The van der Waals surface area contributed by atoms with Gasteiger partial charge in [0.15, 0.2) is 0 Å². The smallest absolute Gasteiger partial charge is 0.246 e. The molecule has 4 heteroatoms. The molecule has 1 N–H and O–H groups in total. The SMILES string of the molecule is O=C(Nn1cnc2ccccc21)C1CCCc2ccccc21. The highest BCUT2D eigenvalue weighted by molar-refractivity contribution is 5.92. The van der Waals surface area contributed by atoms with Crippen LogP contribution in [0.4, 0.5) is 0 Å². The Hall–Kier alpha value is -2.62. The van der Waals surface area contributed by atoms with Gasteiger partial charge in [-0.2, -0.15) is 0 Å². The van der Waals surface area contributed by atoms with E-state index in [1.165, 1.54) is 5.56 Å². The van der Waals surface area contributed by atoms with Crippen LogP contribution in [-0.4, -0.2) is 15.6 Å². The molecule has 1 aromatic heterocycles. The highest BCUT2D eigenvalue weighted by Crippen LogP contribution is 2.31. The number of hydrogen-bond acceptors (Lipinski definition) is 2. The average molecular weight is 291 g/mol. The number of aryl methyl sites for hydroxylation is 1. The number of aromatic nitrogens is 2. The van der Waals surface area contributed by atoms with Crippen molar-refractivity contribution in [3.63, 3.8) is 0 Å². The number of rotatable bonds is 2. The molecule has 0 saturated carbocycles. The van der Waals surface area contributed by atoms with E-state index >= 15 is 0 Å². The number of carbonyl (C=O) groups excluding carboxylic acids is 1. The van der Waals surface area contributed by atoms with Gasteiger partial charge in [0.05, 0.1) is 17.0 Å². The number of imidazole rings is 1. The van der Waals surface area contributed by atoms with Crippen LogP contribution in [0.25, 0.3) is 11.0 Å². The quantitative estimate of drug-likeness (QED) is 0.788. The first-order chi connectivity index (χ1) is 10.8. The number of amides is 1. The van der Waals surface area contributed by atoms with Crippen LogP contribution in [0.15, 0.2) is 54.9 Å². The second kappa shape index (κ2) is 5.30. The number of hydrogen-bond donors (Lipinski definition) is 1. The summed E-state index contributed by atoms with van der Waals surface area (Å²) < 4.78 is 1.72. The van der Waals surface area contributed by atoms with E-state index in [1.54, 1.807) is 11.0 Å². The van der Waals surface area contributed by atoms with E-state index in [-0.39, 0.29) is 11.8 Å². The summed E-state index contributed by atoms with van der Waals surface area (Å²) in [6.45, 7) is 0. The Kier molecular flexibility index (Phi) is 3.15. The summed E-state index contributed by atoms with van der Waals surface area (Å²) in [5.74, 6) is -0.0404. The molecule has 22 heavy (non-hydrogen) atoms. The summed E-state index contributed by atoms with van der Waals surface area (Å²) in [5, 5.41) is 0. The second-order valence-electron chi connectivity index (χ2n) is 5.72. The van der Waals surface area contributed by atoms with E-state index in [0.717, 1.165) is 35.9 Å². The largest absolute Gasteiger partial charge is 0.273 e. The molecule has 0 spiro atoms. The van der Waals surface area contributed by atoms with Crippen LogP contribution in [0.1, 0.15) is 29.9 Å². The fraction of sp³-hybridized carbons (Fsp3) is 0.222. The lowest BCUT2D eigenvalue weighted by Gasteiger charge is -2.24. The van der Waals surface area contributed by atoms with Crippen molar-refractivity contribution in [2.75, 3.05) is 5.43 Å². The molecule has 110 valence electrons. The molecule has 2 aromatic carbocycles. The van der Waals surface area contributed by atoms with Gasteiger partial charge in [0.1, 0.15) is 6.33 Å². The Balaban J connectivity index is 1.63. The number of nitrogens with one attached hydrogen (secondary N) is 1. The van der Waals surface area contributed by atoms with E-state index < -0.39 is 0 Å². The van der Waals surface area contributed by atoms with Gasteiger partial charge in [0, 0.05) is 0 Å². The topological polar surface area (TPSA) is 46.9 Å². The third-order valence-corrected chi connectivity index (χ3v) is 4.37. The molecule has 4 nitrogen and oxygen atoms in total. The summed E-state index contributed by atoms with van der Waals surface area (Å²) in [5.41, 5.74) is 7.25. The Morgan fingerprint density at radius 1 is 1.14 bits per heavy atom. The molecule has 0 saturated heterocycles. The van der Waals surface area contributed by atoms with Gasteiger partial charge in [0.25, 0.3) is 0 Å². The van der Waals surface area contributed by atoms with Crippen molar-refractivity contribution in [1.29, 1.82) is 0 Å². The Bertz CT molecular complexity index is 837. The first-order valence-electron chi connectivity index (χ1n) is 7.64. The van der Waals surface area contributed by atoms with Crippen LogP contribution in [-0.2, 0) is 11.2 Å². The molecule has 1 unspecified atom stereocenters. The lowest BCUT2D eigenvalue weighted by molar-refractivity contribution is -0.118. The zero-order valence-electron chi connectivity index (χ0n) is 12.2. The minimum absolute atomic E-state index is 0.0373. The molecule has 0 bridgehead atoms. The van der Waals surface area contributed by atoms with Crippen molar-refractivity contribution >= 4 is 16.9 Å². The second-order valence-corrected chi connectivity index (χ2v) is 5.72. The van der Waals surface area contributed by atoms with Crippen LogP contribution in [0, 0.1) is 0 Å². The summed E-state index contributed by atoms with van der Waals surface area (Å²) >= 11 is 0. The minimum atomic E-state index is -0.0777. The maximum atomic E-state index is 12.7. The summed E-state index contributed by atoms with van der Waals surface area (Å²) in [4.78, 5) is 17.0. The lowest BCUT2D eigenvalue weighted by atomic mass is 9.82. The van der Waals surface area contributed by atoms with Gasteiger partial charge < -0.3 is 0 Å². The van der Waals surface area contributed by atoms with Gasteiger partial charge >= 0.3 is 0 Å². The van der Waals surface area contributed by atoms with E-state index in [2.05, 4.69) is 22.5 Å². The Morgan fingerprint density at radius 2 is 1.95 bits per heavy atom. The van der Waals surface area contributed by atoms with Crippen LogP contribution >= 0.6 is 0 Å². The highest BCUT2D eigenvalue weighted by Gasteiger charge is 2.26. The Labute approximate surface area is 128 Å². The molecule has 0 aliphatic heterocycles. The molecule has 3 aromatic rings. The van der Waals surface area contributed by atoms with Crippen molar-refractivity contribution in [2.45, 2.75) is 25.2 Å². The summed E-state index contributed by atoms with van der Waals surface area (Å²) in [6.07, 6.45) is 4.68. The maximum absolute atomic E-state index is 12.7. The predicted octanol–water partition coefficient (Wildman–Crippen LogP) is 3.23. The summed E-state index contributed by atoms with van der Waals surface area (Å²) in [6, 6.07) is 16.0. The van der Waals surface area contributed by atoms with Crippen LogP contribution < -0.4 is 5.43 Å². The molecule has 1 heterocycles. The van der Waals surface area contributed by atoms with Gasteiger partial charge in [0.2, 0.25) is 5.91 Å². The fourth-order valence-electron chi connectivity index (χ4n) is 3.27. The van der Waals surface area contributed by atoms with E-state index in [0.29, 0.717) is 0 Å². The zero-order chi connectivity index (χ0) is 14.9. The molecular formula is C18H17N3O. The van der Waals surface area contributed by atoms with Crippen LogP contribution in [0.5, 0.6) is 0 Å². The molecule has 1 amide bonds. The zero-order valence-corrected chi connectivity index (χ0v) is 12.2. The number of benzene rings is 2. The monoisotopic (exact) mass is 291 g/mol. The highest BCUT2D eigenvalue weighted by atomic mass is 16.2. The van der Waals surface area contributed by atoms with Gasteiger partial charge in [-0.15, -0.1) is 0 Å². The van der Waals surface area contributed by atoms with Crippen molar-refractivity contribution in [3.8, 4) is 0 Å². The minimum Gasteiger partial charge on any atom is -0.273 e. The normalized spacial score (nSPS) is 17.2. The lowest BCUT2D eigenvalue weighted by Crippen LogP contribution is -2.30. The molecule has 0 radical (unpaired) electrons. The molecule has 1 aliphatic rings. The number of para-hydroxylation sites is 2.